The average Bonchev–Trinajstić information content (AvgIpc) is 2.83. The molecule has 2 aliphatic rings. The zero-order chi connectivity index (χ0) is 17.8. The summed E-state index contributed by atoms with van der Waals surface area (Å²) in [7, 11) is 0. The monoisotopic (exact) mass is 348 g/mol. The van der Waals surface area contributed by atoms with Crippen LogP contribution in [-0.2, 0) is 9.53 Å². The van der Waals surface area contributed by atoms with Gasteiger partial charge in [-0.05, 0) is 25.0 Å². The minimum absolute atomic E-state index is 0.0242. The third-order valence-corrected chi connectivity index (χ3v) is 4.74. The second-order valence-electron chi connectivity index (χ2n) is 6.54. The van der Waals surface area contributed by atoms with Gasteiger partial charge in [-0.25, -0.2) is 4.98 Å². The molecule has 0 aromatic carbocycles. The maximum atomic E-state index is 12.7. The number of ether oxygens (including phenoxy) is 1. The first-order valence-corrected chi connectivity index (χ1v) is 8.60. The van der Waals surface area contributed by atoms with Crippen LogP contribution in [0.1, 0.15) is 23.2 Å². The molecule has 8 nitrogen and oxygen atoms in total. The zero-order valence-corrected chi connectivity index (χ0v) is 14.1. The Bertz CT molecular complexity index is 633. The SMILES string of the molecule is NC(=O)c1ccnc(N2CCN(C(=O)C3CCOCC3)C[C@@H](O)C2)c1. The molecule has 2 aliphatic heterocycles. The Hall–Kier alpha value is -2.19. The van der Waals surface area contributed by atoms with E-state index in [1.807, 2.05) is 4.90 Å². The van der Waals surface area contributed by atoms with Crippen molar-refractivity contribution in [2.45, 2.75) is 18.9 Å². The summed E-state index contributed by atoms with van der Waals surface area (Å²) in [4.78, 5) is 31.9. The van der Waals surface area contributed by atoms with Crippen LogP contribution in [0.3, 0.4) is 0 Å². The molecule has 136 valence electrons. The first-order chi connectivity index (χ1) is 12.0. The van der Waals surface area contributed by atoms with Gasteiger partial charge in [0.15, 0.2) is 0 Å². The second kappa shape index (κ2) is 7.79. The Morgan fingerprint density at radius 3 is 2.72 bits per heavy atom. The minimum atomic E-state index is -0.676. The summed E-state index contributed by atoms with van der Waals surface area (Å²) in [6, 6.07) is 3.17. The minimum Gasteiger partial charge on any atom is -0.389 e. The highest BCUT2D eigenvalue weighted by Gasteiger charge is 2.30. The number of aromatic nitrogens is 1. The van der Waals surface area contributed by atoms with E-state index >= 15 is 0 Å². The lowest BCUT2D eigenvalue weighted by Crippen LogP contribution is -2.42. The molecular formula is C17H24N4O4. The lowest BCUT2D eigenvalue weighted by atomic mass is 9.98. The molecule has 1 aromatic rings. The topological polar surface area (TPSA) is 109 Å². The van der Waals surface area contributed by atoms with Gasteiger partial charge >= 0.3 is 0 Å². The van der Waals surface area contributed by atoms with Gasteiger partial charge in [-0.15, -0.1) is 0 Å². The van der Waals surface area contributed by atoms with E-state index in [4.69, 9.17) is 10.5 Å². The summed E-state index contributed by atoms with van der Waals surface area (Å²) >= 11 is 0. The number of rotatable bonds is 3. The number of primary amides is 1. The van der Waals surface area contributed by atoms with Crippen LogP contribution in [0.4, 0.5) is 5.82 Å². The quantitative estimate of drug-likeness (QED) is 0.770. The molecule has 1 atom stereocenters. The lowest BCUT2D eigenvalue weighted by Gasteiger charge is -2.29. The van der Waals surface area contributed by atoms with E-state index in [-0.39, 0.29) is 11.8 Å². The number of β-amino-alcohol motifs (C(OH)–C–C–N with tert-alkyl or cyclic N) is 1. The highest BCUT2D eigenvalue weighted by Crippen LogP contribution is 2.20. The van der Waals surface area contributed by atoms with Crippen molar-refractivity contribution in [3.05, 3.63) is 23.9 Å². The number of carbonyl (C=O) groups is 2. The molecule has 2 saturated heterocycles. The van der Waals surface area contributed by atoms with Crippen LogP contribution in [0, 0.1) is 5.92 Å². The zero-order valence-electron chi connectivity index (χ0n) is 14.1. The fraction of sp³-hybridized carbons (Fsp3) is 0.588. The Labute approximate surface area is 146 Å². The van der Waals surface area contributed by atoms with E-state index in [0.29, 0.717) is 50.8 Å². The van der Waals surface area contributed by atoms with Crippen molar-refractivity contribution in [1.82, 2.24) is 9.88 Å². The third kappa shape index (κ3) is 4.26. The molecule has 3 rings (SSSR count). The summed E-state index contributed by atoms with van der Waals surface area (Å²) in [6.07, 6.45) is 2.32. The Morgan fingerprint density at radius 1 is 1.24 bits per heavy atom. The van der Waals surface area contributed by atoms with Gasteiger partial charge in [-0.3, -0.25) is 9.59 Å². The molecule has 0 spiro atoms. The van der Waals surface area contributed by atoms with Gasteiger partial charge in [0, 0.05) is 57.1 Å². The molecule has 2 amide bonds. The normalized spacial score (nSPS) is 22.5. The van der Waals surface area contributed by atoms with Crippen molar-refractivity contribution in [3.8, 4) is 0 Å². The largest absolute Gasteiger partial charge is 0.389 e. The number of carbonyl (C=O) groups excluding carboxylic acids is 2. The van der Waals surface area contributed by atoms with Crippen molar-refractivity contribution in [2.24, 2.45) is 11.7 Å². The molecule has 0 radical (unpaired) electrons. The molecule has 3 N–H and O–H groups in total. The van der Waals surface area contributed by atoms with E-state index in [1.165, 1.54) is 6.20 Å². The van der Waals surface area contributed by atoms with Crippen LogP contribution in [0.15, 0.2) is 18.3 Å². The molecule has 0 unspecified atom stereocenters. The number of hydrogen-bond donors (Lipinski definition) is 2. The van der Waals surface area contributed by atoms with E-state index in [2.05, 4.69) is 4.98 Å². The number of aliphatic hydroxyl groups excluding tert-OH is 1. The fourth-order valence-electron chi connectivity index (χ4n) is 3.35. The lowest BCUT2D eigenvalue weighted by molar-refractivity contribution is -0.139. The van der Waals surface area contributed by atoms with E-state index in [9.17, 15) is 14.7 Å². The summed E-state index contributed by atoms with van der Waals surface area (Å²) < 4.78 is 5.31. The molecular weight excluding hydrogens is 324 g/mol. The summed E-state index contributed by atoms with van der Waals surface area (Å²) in [5.41, 5.74) is 5.69. The molecule has 0 saturated carbocycles. The number of pyridine rings is 1. The average molecular weight is 348 g/mol. The summed E-state index contributed by atoms with van der Waals surface area (Å²) in [5, 5.41) is 10.3. The smallest absolute Gasteiger partial charge is 0.248 e. The van der Waals surface area contributed by atoms with Crippen molar-refractivity contribution in [2.75, 3.05) is 44.3 Å². The Morgan fingerprint density at radius 2 is 2.00 bits per heavy atom. The third-order valence-electron chi connectivity index (χ3n) is 4.74. The predicted octanol–water partition coefficient (Wildman–Crippen LogP) is -0.383. The first kappa shape index (κ1) is 17.6. The van der Waals surface area contributed by atoms with E-state index in [1.54, 1.807) is 17.0 Å². The second-order valence-corrected chi connectivity index (χ2v) is 6.54. The molecule has 2 fully saturated rings. The van der Waals surface area contributed by atoms with Gasteiger partial charge < -0.3 is 25.4 Å². The van der Waals surface area contributed by atoms with Gasteiger partial charge in [0.25, 0.3) is 0 Å². The molecule has 8 heteroatoms. The molecule has 0 bridgehead atoms. The summed E-state index contributed by atoms with van der Waals surface area (Å²) in [6.45, 7) is 2.94. The Kier molecular flexibility index (Phi) is 5.50. The van der Waals surface area contributed by atoms with E-state index in [0.717, 1.165) is 12.8 Å². The number of hydrogen-bond acceptors (Lipinski definition) is 6. The molecule has 1 aromatic heterocycles. The predicted molar refractivity (Wildman–Crippen MR) is 91.1 cm³/mol. The maximum Gasteiger partial charge on any atom is 0.248 e. The molecule has 3 heterocycles. The van der Waals surface area contributed by atoms with Crippen LogP contribution < -0.4 is 10.6 Å². The number of nitrogens with zero attached hydrogens (tertiary/aromatic N) is 3. The standard InChI is InChI=1S/C17H24N4O4/c18-16(23)13-1-4-19-15(9-13)20-5-6-21(11-14(22)10-20)17(24)12-2-7-25-8-3-12/h1,4,9,12,14,22H,2-3,5-8,10-11H2,(H2,18,23)/t14-/m0/s1. The molecule has 25 heavy (non-hydrogen) atoms. The van der Waals surface area contributed by atoms with Crippen LogP contribution >= 0.6 is 0 Å². The van der Waals surface area contributed by atoms with E-state index < -0.39 is 12.0 Å². The maximum absolute atomic E-state index is 12.7. The van der Waals surface area contributed by atoms with Gasteiger partial charge in [-0.2, -0.15) is 0 Å². The number of anilines is 1. The Balaban J connectivity index is 1.69. The number of nitrogens with two attached hydrogens (primary N) is 1. The number of aliphatic hydroxyl groups is 1. The van der Waals surface area contributed by atoms with Crippen LogP contribution in [0.2, 0.25) is 0 Å². The van der Waals surface area contributed by atoms with Crippen LogP contribution in [0.5, 0.6) is 0 Å². The fourth-order valence-corrected chi connectivity index (χ4v) is 3.35. The van der Waals surface area contributed by atoms with Crippen molar-refractivity contribution in [3.63, 3.8) is 0 Å². The van der Waals surface area contributed by atoms with Gasteiger partial charge in [0.1, 0.15) is 5.82 Å². The van der Waals surface area contributed by atoms with Gasteiger partial charge in [0.05, 0.1) is 6.10 Å². The highest BCUT2D eigenvalue weighted by atomic mass is 16.5. The highest BCUT2D eigenvalue weighted by molar-refractivity contribution is 5.93. The first-order valence-electron chi connectivity index (χ1n) is 8.60. The van der Waals surface area contributed by atoms with Crippen molar-refractivity contribution in [1.29, 1.82) is 0 Å². The van der Waals surface area contributed by atoms with Crippen molar-refractivity contribution >= 4 is 17.6 Å². The van der Waals surface area contributed by atoms with Crippen molar-refractivity contribution < 1.29 is 19.4 Å². The molecule has 0 aliphatic carbocycles. The van der Waals surface area contributed by atoms with Gasteiger partial charge in [0.2, 0.25) is 11.8 Å². The van der Waals surface area contributed by atoms with Crippen LogP contribution in [0.25, 0.3) is 0 Å². The van der Waals surface area contributed by atoms with Gasteiger partial charge in [-0.1, -0.05) is 0 Å². The van der Waals surface area contributed by atoms with Crippen LogP contribution in [-0.4, -0.2) is 72.3 Å². The number of amides is 2. The summed E-state index contributed by atoms with van der Waals surface area (Å²) in [5.74, 6) is 0.123.